The summed E-state index contributed by atoms with van der Waals surface area (Å²) in [7, 11) is 0. The van der Waals surface area contributed by atoms with E-state index < -0.39 is 0 Å². The van der Waals surface area contributed by atoms with Crippen molar-refractivity contribution in [1.29, 1.82) is 10.7 Å². The van der Waals surface area contributed by atoms with Crippen LogP contribution in [0.15, 0.2) is 65.6 Å². The highest BCUT2D eigenvalue weighted by molar-refractivity contribution is 7.98. The summed E-state index contributed by atoms with van der Waals surface area (Å²) in [6.07, 6.45) is 5.15. The van der Waals surface area contributed by atoms with E-state index in [-0.39, 0.29) is 6.04 Å². The van der Waals surface area contributed by atoms with E-state index in [1.54, 1.807) is 11.8 Å². The molecule has 4 nitrogen and oxygen atoms in total. The summed E-state index contributed by atoms with van der Waals surface area (Å²) in [5.74, 6) is 0. The molecule has 3 aromatic carbocycles. The molecule has 0 spiro atoms. The Bertz CT molecular complexity index is 1150. The van der Waals surface area contributed by atoms with Crippen LogP contribution in [-0.4, -0.2) is 12.0 Å². The van der Waals surface area contributed by atoms with Gasteiger partial charge in [-0.05, 0) is 79.1 Å². The van der Waals surface area contributed by atoms with E-state index in [4.69, 9.17) is 11.1 Å². The number of nitriles is 1. The molecule has 0 bridgehead atoms. The van der Waals surface area contributed by atoms with Crippen LogP contribution >= 0.6 is 11.8 Å². The Labute approximate surface area is 181 Å². The average molecular weight is 413 g/mol. The molecule has 1 atom stereocenters. The van der Waals surface area contributed by atoms with E-state index in [1.165, 1.54) is 11.1 Å². The Kier molecular flexibility index (Phi) is 5.78. The van der Waals surface area contributed by atoms with Crippen LogP contribution in [-0.2, 0) is 6.42 Å². The first-order chi connectivity index (χ1) is 14.6. The topological polar surface area (TPSA) is 85.7 Å². The molecule has 0 saturated heterocycles. The first-order valence-corrected chi connectivity index (χ1v) is 11.2. The van der Waals surface area contributed by atoms with Crippen molar-refractivity contribution in [1.82, 2.24) is 0 Å². The summed E-state index contributed by atoms with van der Waals surface area (Å²) in [5, 5.41) is 21.5. The summed E-state index contributed by atoms with van der Waals surface area (Å²) >= 11 is 1.66. The van der Waals surface area contributed by atoms with Gasteiger partial charge in [0.2, 0.25) is 0 Å². The smallest absolute Gasteiger partial charge is 0.0991 e. The van der Waals surface area contributed by atoms with Gasteiger partial charge in [0.05, 0.1) is 23.4 Å². The lowest BCUT2D eigenvalue weighted by atomic mass is 9.86. The first-order valence-electron chi connectivity index (χ1n) is 10.0. The Morgan fingerprint density at radius 2 is 2.03 bits per heavy atom. The van der Waals surface area contributed by atoms with Crippen LogP contribution in [0.25, 0.3) is 0 Å². The fourth-order valence-electron chi connectivity index (χ4n) is 4.03. The van der Waals surface area contributed by atoms with Gasteiger partial charge in [0.15, 0.2) is 0 Å². The molecule has 0 aliphatic heterocycles. The average Bonchev–Trinajstić information content (AvgIpc) is 2.79. The number of hydrogen-bond acceptors (Lipinski definition) is 5. The van der Waals surface area contributed by atoms with Crippen LogP contribution in [0.3, 0.4) is 0 Å². The lowest BCUT2D eigenvalue weighted by Gasteiger charge is -2.28. The van der Waals surface area contributed by atoms with Gasteiger partial charge in [-0.2, -0.15) is 5.26 Å². The minimum atomic E-state index is 0.187. The van der Waals surface area contributed by atoms with E-state index in [1.807, 2.05) is 60.9 Å². The zero-order chi connectivity index (χ0) is 21.1. The molecule has 0 saturated carbocycles. The highest BCUT2D eigenvalue weighted by Gasteiger charge is 2.21. The summed E-state index contributed by atoms with van der Waals surface area (Å²) < 4.78 is 0. The highest BCUT2D eigenvalue weighted by atomic mass is 32.2. The maximum atomic E-state index is 9.18. The molecule has 0 heterocycles. The Morgan fingerprint density at radius 3 is 2.83 bits per heavy atom. The highest BCUT2D eigenvalue weighted by Crippen LogP contribution is 2.34. The van der Waals surface area contributed by atoms with Crippen molar-refractivity contribution < 1.29 is 0 Å². The maximum absolute atomic E-state index is 9.18. The van der Waals surface area contributed by atoms with Crippen molar-refractivity contribution in [3.05, 3.63) is 88.5 Å². The number of nitrogen functional groups attached to an aromatic ring is 1. The largest absolute Gasteiger partial charge is 0.398 e. The number of rotatable bonds is 5. The fourth-order valence-corrected chi connectivity index (χ4v) is 4.49. The predicted molar refractivity (Wildman–Crippen MR) is 125 cm³/mol. The third kappa shape index (κ3) is 4.05. The molecule has 30 heavy (non-hydrogen) atoms. The number of aryl methyl sites for hydroxylation is 1. The number of nitrogens with one attached hydrogen (secondary N) is 2. The normalized spacial score (nSPS) is 15.1. The number of hydrogen-bond donors (Lipinski definition) is 3. The second-order valence-corrected chi connectivity index (χ2v) is 8.40. The minimum absolute atomic E-state index is 0.187. The molecule has 1 unspecified atom stereocenters. The lowest BCUT2D eigenvalue weighted by Crippen LogP contribution is -2.18. The summed E-state index contributed by atoms with van der Waals surface area (Å²) in [6, 6.07) is 22.2. The predicted octanol–water partition coefficient (Wildman–Crippen LogP) is 5.77. The van der Waals surface area contributed by atoms with Crippen molar-refractivity contribution in [2.24, 2.45) is 0 Å². The summed E-state index contributed by atoms with van der Waals surface area (Å²) in [4.78, 5) is 1.13. The Hall–Kier alpha value is -3.23. The standard InChI is InChI=1S/C25H24N4S/c1-30-20-6-2-5-18(13-20)25(28)22-14-19(9-11-23(22)27)29-24-7-3-4-17-12-16(15-26)8-10-21(17)24/h2,5-6,8-14,24,28-29H,3-4,7,27H2,1H3. The molecule has 0 fully saturated rings. The quantitative estimate of drug-likeness (QED) is 0.282. The summed E-state index contributed by atoms with van der Waals surface area (Å²) in [5.41, 5.74) is 13.0. The molecular formula is C25H24N4S. The van der Waals surface area contributed by atoms with Gasteiger partial charge < -0.3 is 11.1 Å². The molecule has 5 heteroatoms. The van der Waals surface area contributed by atoms with Gasteiger partial charge in [0, 0.05) is 27.4 Å². The number of thioether (sulfide) groups is 1. The van der Waals surface area contributed by atoms with E-state index in [0.29, 0.717) is 17.0 Å². The lowest BCUT2D eigenvalue weighted by molar-refractivity contribution is 0.600. The van der Waals surface area contributed by atoms with Gasteiger partial charge in [-0.3, -0.25) is 5.41 Å². The molecule has 3 aromatic rings. The second kappa shape index (κ2) is 8.64. The number of nitrogens with two attached hydrogens (primary N) is 1. The SMILES string of the molecule is CSc1cccc(C(=N)c2cc(NC3CCCc4cc(C#N)ccc43)ccc2N)c1. The third-order valence-corrected chi connectivity index (χ3v) is 6.33. The van der Waals surface area contributed by atoms with Gasteiger partial charge in [-0.1, -0.05) is 18.2 Å². The zero-order valence-corrected chi connectivity index (χ0v) is 17.7. The molecule has 4 rings (SSSR count). The molecule has 4 N–H and O–H groups in total. The Morgan fingerprint density at radius 1 is 1.17 bits per heavy atom. The number of nitrogens with zero attached hydrogens (tertiary/aromatic N) is 1. The van der Waals surface area contributed by atoms with E-state index in [0.717, 1.165) is 41.0 Å². The van der Waals surface area contributed by atoms with Crippen molar-refractivity contribution in [3.63, 3.8) is 0 Å². The van der Waals surface area contributed by atoms with Crippen molar-refractivity contribution in [2.45, 2.75) is 30.2 Å². The first kappa shape index (κ1) is 20.1. The van der Waals surface area contributed by atoms with Crippen LogP contribution in [0.2, 0.25) is 0 Å². The van der Waals surface area contributed by atoms with Crippen molar-refractivity contribution in [3.8, 4) is 6.07 Å². The van der Waals surface area contributed by atoms with Crippen molar-refractivity contribution in [2.75, 3.05) is 17.3 Å². The number of fused-ring (bicyclic) bond motifs is 1. The monoisotopic (exact) mass is 412 g/mol. The Balaban J connectivity index is 1.62. The molecule has 0 amide bonds. The maximum Gasteiger partial charge on any atom is 0.0991 e. The zero-order valence-electron chi connectivity index (χ0n) is 16.9. The van der Waals surface area contributed by atoms with Crippen LogP contribution < -0.4 is 11.1 Å². The number of benzene rings is 3. The van der Waals surface area contributed by atoms with E-state index in [9.17, 15) is 5.26 Å². The second-order valence-electron chi connectivity index (χ2n) is 7.52. The fraction of sp³-hybridized carbons (Fsp3) is 0.200. The van der Waals surface area contributed by atoms with Gasteiger partial charge in [-0.15, -0.1) is 11.8 Å². The van der Waals surface area contributed by atoms with Crippen molar-refractivity contribution >= 4 is 28.8 Å². The summed E-state index contributed by atoms with van der Waals surface area (Å²) in [6.45, 7) is 0. The van der Waals surface area contributed by atoms with Crippen LogP contribution in [0.5, 0.6) is 0 Å². The molecule has 150 valence electrons. The van der Waals surface area contributed by atoms with Crippen LogP contribution in [0.1, 0.15) is 46.7 Å². The van der Waals surface area contributed by atoms with Gasteiger partial charge in [0.1, 0.15) is 0 Å². The molecular weight excluding hydrogens is 388 g/mol. The molecule has 1 aliphatic rings. The van der Waals surface area contributed by atoms with Gasteiger partial charge in [-0.25, -0.2) is 0 Å². The molecule has 0 radical (unpaired) electrons. The molecule has 1 aliphatic carbocycles. The van der Waals surface area contributed by atoms with Gasteiger partial charge >= 0.3 is 0 Å². The van der Waals surface area contributed by atoms with E-state index in [2.05, 4.69) is 17.5 Å². The number of anilines is 2. The molecule has 0 aromatic heterocycles. The van der Waals surface area contributed by atoms with Gasteiger partial charge in [0.25, 0.3) is 0 Å². The van der Waals surface area contributed by atoms with Crippen LogP contribution in [0.4, 0.5) is 11.4 Å². The third-order valence-electron chi connectivity index (χ3n) is 5.61. The minimum Gasteiger partial charge on any atom is -0.398 e. The van der Waals surface area contributed by atoms with Crippen LogP contribution in [0, 0.1) is 16.7 Å². The van der Waals surface area contributed by atoms with E-state index >= 15 is 0 Å².